The van der Waals surface area contributed by atoms with Crippen molar-refractivity contribution in [2.45, 2.75) is 6.92 Å². The molecule has 3 rings (SSSR count). The minimum absolute atomic E-state index is 0.366. The Hall–Kier alpha value is -1.31. The average molecular weight is 276 g/mol. The van der Waals surface area contributed by atoms with E-state index < -0.39 is 0 Å². The second kappa shape index (κ2) is 3.93. The zero-order chi connectivity index (χ0) is 11.0. The molecule has 2 aromatic carbocycles. The number of rotatable bonds is 2. The molecule has 0 spiro atoms. The van der Waals surface area contributed by atoms with Crippen LogP contribution in [-0.4, -0.2) is 26.1 Å². The molecule has 0 saturated carbocycles. The van der Waals surface area contributed by atoms with Crippen LogP contribution in [0.5, 0.6) is 5.75 Å². The Bertz CT molecular complexity index is 645. The molecule has 3 aromatic rings. The number of nitrogens with zero attached hydrogens (tertiary/aromatic N) is 1. The molecule has 0 bridgehead atoms. The number of hydrogen-bond donors (Lipinski definition) is 0. The van der Waals surface area contributed by atoms with Crippen molar-refractivity contribution in [1.82, 2.24) is 4.98 Å². The van der Waals surface area contributed by atoms with Gasteiger partial charge in [-0.15, -0.1) is 0 Å². The molecular formula is C13H11NOSe. The number of benzene rings is 2. The molecule has 0 fully saturated rings. The summed E-state index contributed by atoms with van der Waals surface area (Å²) in [6, 6.07) is 10.5. The van der Waals surface area contributed by atoms with Crippen LogP contribution in [0.15, 0.2) is 35.4 Å². The van der Waals surface area contributed by atoms with Crippen LogP contribution in [-0.2, 0) is 0 Å². The van der Waals surface area contributed by atoms with E-state index in [1.165, 1.54) is 9.65 Å². The molecule has 16 heavy (non-hydrogen) atoms. The molecule has 0 aliphatic heterocycles. The van der Waals surface area contributed by atoms with Crippen LogP contribution in [0.1, 0.15) is 6.92 Å². The van der Waals surface area contributed by atoms with Gasteiger partial charge < -0.3 is 0 Å². The standard InChI is InChI=1S/C13H11NOSe/c1-2-15-11-7-12-13(14-8-16-12)10-6-4-3-5-9(10)11/h3-8H,2H2,1H3. The van der Waals surface area contributed by atoms with Crippen molar-refractivity contribution in [2.24, 2.45) is 0 Å². The topological polar surface area (TPSA) is 22.1 Å². The summed E-state index contributed by atoms with van der Waals surface area (Å²) in [6.45, 7) is 2.72. The number of aromatic nitrogens is 1. The molecular weight excluding hydrogens is 265 g/mol. The minimum atomic E-state index is 0.366. The number of ether oxygens (including phenoxy) is 1. The quantitative estimate of drug-likeness (QED) is 0.671. The van der Waals surface area contributed by atoms with Gasteiger partial charge in [0.05, 0.1) is 0 Å². The van der Waals surface area contributed by atoms with E-state index in [1.807, 2.05) is 18.1 Å². The summed E-state index contributed by atoms with van der Waals surface area (Å²) in [7, 11) is 0. The third-order valence-electron chi connectivity index (χ3n) is 2.60. The first-order chi connectivity index (χ1) is 7.90. The Morgan fingerprint density at radius 2 is 2.06 bits per heavy atom. The molecule has 0 saturated heterocycles. The molecule has 0 unspecified atom stereocenters. The van der Waals surface area contributed by atoms with E-state index in [9.17, 15) is 0 Å². The van der Waals surface area contributed by atoms with E-state index in [4.69, 9.17) is 4.74 Å². The first-order valence-electron chi connectivity index (χ1n) is 5.28. The van der Waals surface area contributed by atoms with Gasteiger partial charge in [-0.3, -0.25) is 0 Å². The fourth-order valence-corrected chi connectivity index (χ4v) is 3.45. The Balaban J connectivity index is 2.45. The molecule has 2 nitrogen and oxygen atoms in total. The van der Waals surface area contributed by atoms with E-state index in [-0.39, 0.29) is 0 Å². The molecule has 0 aliphatic rings. The van der Waals surface area contributed by atoms with Gasteiger partial charge in [0.25, 0.3) is 0 Å². The van der Waals surface area contributed by atoms with Gasteiger partial charge in [0, 0.05) is 0 Å². The molecule has 0 radical (unpaired) electrons. The van der Waals surface area contributed by atoms with Crippen molar-refractivity contribution in [1.29, 1.82) is 0 Å². The van der Waals surface area contributed by atoms with Crippen molar-refractivity contribution in [3.05, 3.63) is 35.4 Å². The third-order valence-corrected chi connectivity index (χ3v) is 4.23. The van der Waals surface area contributed by atoms with Gasteiger partial charge in [-0.25, -0.2) is 0 Å². The SMILES string of the molecule is CCOc1cc2[se]cnc2c2ccccc12. The van der Waals surface area contributed by atoms with Crippen LogP contribution in [0, 0.1) is 0 Å². The van der Waals surface area contributed by atoms with Gasteiger partial charge >= 0.3 is 99.5 Å². The van der Waals surface area contributed by atoms with Crippen LogP contribution in [0.3, 0.4) is 0 Å². The molecule has 0 atom stereocenters. The van der Waals surface area contributed by atoms with E-state index in [1.54, 1.807) is 0 Å². The Morgan fingerprint density at radius 3 is 2.88 bits per heavy atom. The molecule has 0 N–H and O–H groups in total. The summed E-state index contributed by atoms with van der Waals surface area (Å²) in [5, 5.41) is 4.40. The van der Waals surface area contributed by atoms with Gasteiger partial charge in [0.15, 0.2) is 0 Å². The van der Waals surface area contributed by atoms with E-state index in [0.717, 1.165) is 16.7 Å². The molecule has 3 heteroatoms. The monoisotopic (exact) mass is 277 g/mol. The molecule has 0 aliphatic carbocycles. The maximum absolute atomic E-state index is 5.70. The van der Waals surface area contributed by atoms with Crippen LogP contribution in [0.4, 0.5) is 0 Å². The van der Waals surface area contributed by atoms with Crippen LogP contribution in [0.25, 0.3) is 20.5 Å². The summed E-state index contributed by atoms with van der Waals surface area (Å²) in [6.07, 6.45) is 0. The van der Waals surface area contributed by atoms with Crippen LogP contribution in [0.2, 0.25) is 0 Å². The van der Waals surface area contributed by atoms with Crippen molar-refractivity contribution in [3.8, 4) is 5.75 Å². The van der Waals surface area contributed by atoms with Crippen molar-refractivity contribution in [3.63, 3.8) is 0 Å². The summed E-state index contributed by atoms with van der Waals surface area (Å²) in [4.78, 5) is 4.48. The molecule has 0 amide bonds. The molecule has 80 valence electrons. The van der Waals surface area contributed by atoms with Gasteiger partial charge in [0.2, 0.25) is 0 Å². The van der Waals surface area contributed by atoms with Crippen molar-refractivity contribution in [2.75, 3.05) is 6.61 Å². The third kappa shape index (κ3) is 1.44. The fraction of sp³-hybridized carbons (Fsp3) is 0.154. The first-order valence-corrected chi connectivity index (χ1v) is 7.12. The Labute approximate surface area is 99.6 Å². The normalized spacial score (nSPS) is 11.1. The maximum atomic E-state index is 5.70. The second-order valence-corrected chi connectivity index (χ2v) is 5.41. The summed E-state index contributed by atoms with van der Waals surface area (Å²) < 4.78 is 7.03. The Morgan fingerprint density at radius 1 is 1.25 bits per heavy atom. The van der Waals surface area contributed by atoms with Gasteiger partial charge in [-0.1, -0.05) is 0 Å². The van der Waals surface area contributed by atoms with Gasteiger partial charge in [-0.2, -0.15) is 0 Å². The molecule has 1 heterocycles. The zero-order valence-corrected chi connectivity index (χ0v) is 10.6. The predicted octanol–water partition coefficient (Wildman–Crippen LogP) is 2.84. The van der Waals surface area contributed by atoms with Gasteiger partial charge in [-0.05, 0) is 0 Å². The summed E-state index contributed by atoms with van der Waals surface area (Å²) in [5.74, 6) is 0.990. The summed E-state index contributed by atoms with van der Waals surface area (Å²) >= 11 is 0.366. The fourth-order valence-electron chi connectivity index (χ4n) is 1.94. The van der Waals surface area contributed by atoms with E-state index >= 15 is 0 Å². The molecule has 1 aromatic heterocycles. The van der Waals surface area contributed by atoms with E-state index in [2.05, 4.69) is 29.2 Å². The number of fused-ring (bicyclic) bond motifs is 3. The first kappa shape index (κ1) is 9.88. The van der Waals surface area contributed by atoms with Crippen molar-refractivity contribution >= 4 is 35.1 Å². The zero-order valence-electron chi connectivity index (χ0n) is 8.93. The Kier molecular flexibility index (Phi) is 2.43. The van der Waals surface area contributed by atoms with E-state index in [0.29, 0.717) is 21.1 Å². The predicted molar refractivity (Wildman–Crippen MR) is 67.4 cm³/mol. The van der Waals surface area contributed by atoms with Gasteiger partial charge in [0.1, 0.15) is 0 Å². The van der Waals surface area contributed by atoms with Crippen molar-refractivity contribution < 1.29 is 4.74 Å². The number of hydrogen-bond acceptors (Lipinski definition) is 2. The van der Waals surface area contributed by atoms with Crippen LogP contribution >= 0.6 is 0 Å². The average Bonchev–Trinajstić information content (AvgIpc) is 2.78. The summed E-state index contributed by atoms with van der Waals surface area (Å²) in [5.41, 5.74) is 1.14. The van der Waals surface area contributed by atoms with Crippen LogP contribution < -0.4 is 4.74 Å². The second-order valence-electron chi connectivity index (χ2n) is 3.55.